The molecule has 2 heterocycles. The van der Waals surface area contributed by atoms with Crippen molar-refractivity contribution in [3.63, 3.8) is 0 Å². The molecule has 0 spiro atoms. The highest BCUT2D eigenvalue weighted by Crippen LogP contribution is 2.28. The quantitative estimate of drug-likeness (QED) is 0.858. The van der Waals surface area contributed by atoms with Crippen molar-refractivity contribution in [1.82, 2.24) is 9.71 Å². The van der Waals surface area contributed by atoms with Gasteiger partial charge < -0.3 is 10.1 Å². The Kier molecular flexibility index (Phi) is 4.31. The molecule has 2 unspecified atom stereocenters. The summed E-state index contributed by atoms with van der Waals surface area (Å²) in [6.07, 6.45) is 3.44. The number of hydrogen-bond donors (Lipinski definition) is 2. The Balaban J connectivity index is 2.31. The van der Waals surface area contributed by atoms with Gasteiger partial charge in [0.25, 0.3) is 0 Å². The van der Waals surface area contributed by atoms with Gasteiger partial charge in [-0.3, -0.25) is 4.98 Å². The Hall–Kier alpha value is -1.18. The van der Waals surface area contributed by atoms with Gasteiger partial charge in [-0.15, -0.1) is 0 Å². The highest BCUT2D eigenvalue weighted by Gasteiger charge is 2.41. The Morgan fingerprint density at radius 1 is 1.55 bits per heavy atom. The van der Waals surface area contributed by atoms with Crippen molar-refractivity contribution >= 4 is 15.7 Å². The molecule has 7 heteroatoms. The maximum atomic E-state index is 12.6. The number of ether oxygens (including phenoxy) is 1. The molecule has 0 aromatic carbocycles. The average Bonchev–Trinajstić information content (AvgIpc) is 2.69. The molecule has 2 N–H and O–H groups in total. The Bertz CT molecular complexity index is 576. The van der Waals surface area contributed by atoms with Crippen molar-refractivity contribution in [3.05, 3.63) is 18.5 Å². The number of nitrogens with one attached hydrogen (secondary N) is 2. The van der Waals surface area contributed by atoms with E-state index < -0.39 is 15.6 Å². The maximum absolute atomic E-state index is 12.6. The van der Waals surface area contributed by atoms with Crippen LogP contribution in [0.15, 0.2) is 23.4 Å². The van der Waals surface area contributed by atoms with Gasteiger partial charge in [-0.25, -0.2) is 13.1 Å². The van der Waals surface area contributed by atoms with Gasteiger partial charge in [0.2, 0.25) is 10.0 Å². The van der Waals surface area contributed by atoms with Crippen LogP contribution in [-0.2, 0) is 14.8 Å². The highest BCUT2D eigenvalue weighted by atomic mass is 32.2. The van der Waals surface area contributed by atoms with Gasteiger partial charge in [0, 0.05) is 25.5 Å². The predicted molar refractivity (Wildman–Crippen MR) is 77.2 cm³/mol. The van der Waals surface area contributed by atoms with Crippen molar-refractivity contribution in [2.45, 2.75) is 43.7 Å². The van der Waals surface area contributed by atoms with E-state index in [9.17, 15) is 8.42 Å². The number of anilines is 1. The molecule has 0 saturated carbocycles. The predicted octanol–water partition coefficient (Wildman–Crippen LogP) is 1.36. The minimum Gasteiger partial charge on any atom is -0.384 e. The normalized spacial score (nSPS) is 26.6. The van der Waals surface area contributed by atoms with Gasteiger partial charge >= 0.3 is 0 Å². The minimum absolute atomic E-state index is 0.156. The average molecular weight is 299 g/mol. The van der Waals surface area contributed by atoms with E-state index in [1.165, 1.54) is 6.20 Å². The second-order valence-corrected chi connectivity index (χ2v) is 6.84. The first-order chi connectivity index (χ1) is 9.39. The number of hydrogen-bond acceptors (Lipinski definition) is 5. The van der Waals surface area contributed by atoms with Crippen LogP contribution < -0.4 is 10.0 Å². The number of pyridine rings is 1. The van der Waals surface area contributed by atoms with E-state index in [4.69, 9.17) is 4.74 Å². The largest absolute Gasteiger partial charge is 0.384 e. The third kappa shape index (κ3) is 2.94. The third-order valence-electron chi connectivity index (χ3n) is 3.70. The fraction of sp³-hybridized carbons (Fsp3) is 0.615. The van der Waals surface area contributed by atoms with Crippen LogP contribution in [0.3, 0.4) is 0 Å². The van der Waals surface area contributed by atoms with Crippen LogP contribution in [-0.4, -0.2) is 38.2 Å². The van der Waals surface area contributed by atoms with E-state index in [0.29, 0.717) is 25.3 Å². The van der Waals surface area contributed by atoms with Gasteiger partial charge in [-0.2, -0.15) is 0 Å². The summed E-state index contributed by atoms with van der Waals surface area (Å²) < 4.78 is 33.4. The molecule has 1 aromatic rings. The molecule has 0 amide bonds. The zero-order chi connectivity index (χ0) is 14.8. The SMILES string of the molecule is CCNc1ccncc1S(=O)(=O)NC1(C)CCOC1C. The van der Waals surface area contributed by atoms with Crippen LogP contribution in [0.4, 0.5) is 5.69 Å². The lowest BCUT2D eigenvalue weighted by molar-refractivity contribution is 0.0957. The summed E-state index contributed by atoms with van der Waals surface area (Å²) in [4.78, 5) is 4.09. The second kappa shape index (κ2) is 5.67. The third-order valence-corrected chi connectivity index (χ3v) is 5.33. The fourth-order valence-corrected chi connectivity index (χ4v) is 3.88. The summed E-state index contributed by atoms with van der Waals surface area (Å²) in [5.41, 5.74) is -0.0248. The molecule has 112 valence electrons. The molecule has 2 atom stereocenters. The topological polar surface area (TPSA) is 80.3 Å². The van der Waals surface area contributed by atoms with Gasteiger partial charge in [0.1, 0.15) is 4.90 Å². The maximum Gasteiger partial charge on any atom is 0.244 e. The zero-order valence-electron chi connectivity index (χ0n) is 12.0. The smallest absolute Gasteiger partial charge is 0.244 e. The van der Waals surface area contributed by atoms with Crippen molar-refractivity contribution in [3.8, 4) is 0 Å². The van der Waals surface area contributed by atoms with Gasteiger partial charge in [-0.05, 0) is 33.3 Å². The van der Waals surface area contributed by atoms with E-state index >= 15 is 0 Å². The van der Waals surface area contributed by atoms with Crippen LogP contribution in [0.25, 0.3) is 0 Å². The number of nitrogens with zero attached hydrogens (tertiary/aromatic N) is 1. The summed E-state index contributed by atoms with van der Waals surface area (Å²) in [5.74, 6) is 0. The molecule has 2 rings (SSSR count). The molecule has 1 aliphatic rings. The van der Waals surface area contributed by atoms with E-state index in [2.05, 4.69) is 15.0 Å². The Labute approximate surface area is 120 Å². The van der Waals surface area contributed by atoms with Gasteiger partial charge in [-0.1, -0.05) is 0 Å². The Morgan fingerprint density at radius 3 is 2.90 bits per heavy atom. The molecule has 0 bridgehead atoms. The monoisotopic (exact) mass is 299 g/mol. The molecule has 20 heavy (non-hydrogen) atoms. The highest BCUT2D eigenvalue weighted by molar-refractivity contribution is 7.89. The summed E-state index contributed by atoms with van der Waals surface area (Å²) in [6, 6.07) is 1.66. The van der Waals surface area contributed by atoms with Crippen LogP contribution in [0.1, 0.15) is 27.2 Å². The van der Waals surface area contributed by atoms with Crippen LogP contribution in [0.2, 0.25) is 0 Å². The van der Waals surface area contributed by atoms with E-state index in [1.807, 2.05) is 20.8 Å². The first-order valence-corrected chi connectivity index (χ1v) is 8.21. The molecule has 1 saturated heterocycles. The summed E-state index contributed by atoms with van der Waals surface area (Å²) in [6.45, 7) is 6.87. The van der Waals surface area contributed by atoms with Gasteiger partial charge in [0.05, 0.1) is 17.3 Å². The summed E-state index contributed by atoms with van der Waals surface area (Å²) in [5, 5.41) is 3.04. The molecule has 6 nitrogen and oxygen atoms in total. The van der Waals surface area contributed by atoms with Crippen LogP contribution >= 0.6 is 0 Å². The first-order valence-electron chi connectivity index (χ1n) is 6.72. The summed E-state index contributed by atoms with van der Waals surface area (Å²) in [7, 11) is -3.64. The standard InChI is InChI=1S/C13H21N3O3S/c1-4-15-11-5-7-14-9-12(11)20(17,18)16-13(3)6-8-19-10(13)2/h5,7,9-10,16H,4,6,8H2,1-3H3,(H,14,15). The lowest BCUT2D eigenvalue weighted by Gasteiger charge is -2.28. The molecule has 0 radical (unpaired) electrons. The molecule has 1 aromatic heterocycles. The lowest BCUT2D eigenvalue weighted by atomic mass is 9.97. The molecule has 1 fully saturated rings. The fourth-order valence-electron chi connectivity index (χ4n) is 2.26. The minimum atomic E-state index is -3.64. The van der Waals surface area contributed by atoms with Crippen LogP contribution in [0.5, 0.6) is 0 Å². The Morgan fingerprint density at radius 2 is 2.30 bits per heavy atom. The summed E-state index contributed by atoms with van der Waals surface area (Å²) >= 11 is 0. The van der Waals surface area contributed by atoms with E-state index in [-0.39, 0.29) is 11.0 Å². The van der Waals surface area contributed by atoms with Crippen molar-refractivity contribution in [2.24, 2.45) is 0 Å². The van der Waals surface area contributed by atoms with Crippen molar-refractivity contribution in [2.75, 3.05) is 18.5 Å². The molecule has 1 aliphatic heterocycles. The number of rotatable bonds is 5. The van der Waals surface area contributed by atoms with Crippen molar-refractivity contribution < 1.29 is 13.2 Å². The molecular weight excluding hydrogens is 278 g/mol. The van der Waals surface area contributed by atoms with Crippen LogP contribution in [0, 0.1) is 0 Å². The molecule has 0 aliphatic carbocycles. The number of sulfonamides is 1. The van der Waals surface area contributed by atoms with Gasteiger partial charge in [0.15, 0.2) is 0 Å². The van der Waals surface area contributed by atoms with Crippen molar-refractivity contribution in [1.29, 1.82) is 0 Å². The first kappa shape index (κ1) is 15.2. The van der Waals surface area contributed by atoms with E-state index in [1.54, 1.807) is 12.3 Å². The molecular formula is C13H21N3O3S. The second-order valence-electron chi connectivity index (χ2n) is 5.19. The van der Waals surface area contributed by atoms with E-state index in [0.717, 1.165) is 0 Å². The lowest BCUT2D eigenvalue weighted by Crippen LogP contribution is -2.50. The zero-order valence-corrected chi connectivity index (χ0v) is 12.8. The number of aromatic nitrogens is 1.